The summed E-state index contributed by atoms with van der Waals surface area (Å²) < 4.78 is 44.4. The normalized spacial score (nSPS) is 14.5. The first-order valence-corrected chi connectivity index (χ1v) is 11.6. The molecular weight excluding hydrogens is 472 g/mol. The summed E-state index contributed by atoms with van der Waals surface area (Å²) in [5, 5.41) is 12.2. The van der Waals surface area contributed by atoms with Crippen molar-refractivity contribution in [3.8, 4) is 17.2 Å². The predicted molar refractivity (Wildman–Crippen MR) is 129 cm³/mol. The topological polar surface area (TPSA) is 102 Å². The van der Waals surface area contributed by atoms with E-state index in [4.69, 9.17) is 19.3 Å². The highest BCUT2D eigenvalue weighted by atomic mass is 19.1. The zero-order chi connectivity index (χ0) is 25.5. The first-order chi connectivity index (χ1) is 17.5. The van der Waals surface area contributed by atoms with Crippen LogP contribution in [0, 0.1) is 11.6 Å². The number of aliphatic hydroxyl groups excluding tert-OH is 1. The van der Waals surface area contributed by atoms with Crippen LogP contribution in [0.2, 0.25) is 0 Å². The van der Waals surface area contributed by atoms with Crippen molar-refractivity contribution < 1.29 is 28.1 Å². The first kappa shape index (κ1) is 25.5. The molecule has 9 nitrogen and oxygen atoms in total. The molecule has 0 unspecified atom stereocenters. The molecule has 1 aliphatic rings. The second kappa shape index (κ2) is 11.9. The molecule has 0 bridgehead atoms. The molecule has 1 saturated heterocycles. The number of anilines is 2. The third-order valence-electron chi connectivity index (χ3n) is 6.14. The molecule has 1 fully saturated rings. The predicted octanol–water partition coefficient (Wildman–Crippen LogP) is 3.66. The maximum Gasteiger partial charge on any atom is 0.227 e. The summed E-state index contributed by atoms with van der Waals surface area (Å²) in [5.41, 5.74) is 1.46. The first-order valence-electron chi connectivity index (χ1n) is 11.6. The van der Waals surface area contributed by atoms with E-state index in [1.54, 1.807) is 6.20 Å². The second-order valence-electron chi connectivity index (χ2n) is 8.35. The van der Waals surface area contributed by atoms with Crippen LogP contribution in [-0.4, -0.2) is 65.4 Å². The molecule has 0 atom stereocenters. The quantitative estimate of drug-likeness (QED) is 0.431. The number of ether oxygens (including phenoxy) is 3. The Bertz CT molecular complexity index is 1110. The Hall–Kier alpha value is -3.57. The molecule has 0 aliphatic carbocycles. The van der Waals surface area contributed by atoms with E-state index in [0.717, 1.165) is 49.9 Å². The lowest BCUT2D eigenvalue weighted by molar-refractivity contribution is 0.163. The van der Waals surface area contributed by atoms with Crippen molar-refractivity contribution in [1.82, 2.24) is 19.9 Å². The molecule has 11 heteroatoms. The van der Waals surface area contributed by atoms with Gasteiger partial charge in [0.15, 0.2) is 28.9 Å². The van der Waals surface area contributed by atoms with Crippen LogP contribution >= 0.6 is 0 Å². The molecule has 4 rings (SSSR count). The maximum absolute atomic E-state index is 14.5. The minimum Gasteiger partial charge on any atom is -0.494 e. The highest BCUT2D eigenvalue weighted by Crippen LogP contribution is 2.32. The van der Waals surface area contributed by atoms with E-state index in [9.17, 15) is 8.78 Å². The van der Waals surface area contributed by atoms with Gasteiger partial charge in [-0.05, 0) is 38.1 Å². The molecule has 36 heavy (non-hydrogen) atoms. The second-order valence-corrected chi connectivity index (χ2v) is 8.35. The number of aliphatic hydroxyl groups is 1. The zero-order valence-corrected chi connectivity index (χ0v) is 20.2. The van der Waals surface area contributed by atoms with Crippen molar-refractivity contribution in [3.63, 3.8) is 0 Å². The van der Waals surface area contributed by atoms with Crippen LogP contribution in [0.15, 0.2) is 36.8 Å². The highest BCUT2D eigenvalue weighted by Gasteiger charge is 2.22. The number of piperidine rings is 1. The van der Waals surface area contributed by atoms with Crippen molar-refractivity contribution >= 4 is 11.6 Å². The Balaban J connectivity index is 1.33. The maximum atomic E-state index is 14.5. The molecule has 0 amide bonds. The molecule has 3 aromatic rings. The van der Waals surface area contributed by atoms with Gasteiger partial charge in [-0.25, -0.2) is 18.7 Å². The van der Waals surface area contributed by atoms with Gasteiger partial charge in [0.2, 0.25) is 5.95 Å². The average Bonchev–Trinajstić information content (AvgIpc) is 2.91. The van der Waals surface area contributed by atoms with Crippen LogP contribution in [-0.2, 0) is 6.61 Å². The number of halogens is 2. The smallest absolute Gasteiger partial charge is 0.227 e. The molecule has 3 heterocycles. The van der Waals surface area contributed by atoms with Crippen molar-refractivity contribution in [2.24, 2.45) is 0 Å². The van der Waals surface area contributed by atoms with Gasteiger partial charge in [0.05, 0.1) is 50.7 Å². The fraction of sp³-hybridized carbons (Fsp3) is 0.400. The minimum absolute atomic E-state index is 0.144. The van der Waals surface area contributed by atoms with Gasteiger partial charge in [-0.2, -0.15) is 0 Å². The Kier molecular flexibility index (Phi) is 8.44. The molecule has 2 N–H and O–H groups in total. The van der Waals surface area contributed by atoms with Gasteiger partial charge in [0, 0.05) is 24.2 Å². The molecule has 1 aromatic carbocycles. The SMILES string of the molecule is COc1cc(OC)c(F)c(COc2cnc(Nc3ccc(C4CCN(CCO)CC4)nc3)nc2)c1F. The van der Waals surface area contributed by atoms with Gasteiger partial charge in [0.1, 0.15) is 6.61 Å². The Morgan fingerprint density at radius 2 is 1.67 bits per heavy atom. The number of hydrogen-bond acceptors (Lipinski definition) is 9. The number of methoxy groups -OCH3 is 2. The number of nitrogens with zero attached hydrogens (tertiary/aromatic N) is 4. The minimum atomic E-state index is -0.860. The van der Waals surface area contributed by atoms with Gasteiger partial charge in [-0.15, -0.1) is 0 Å². The van der Waals surface area contributed by atoms with Crippen LogP contribution in [0.5, 0.6) is 17.2 Å². The summed E-state index contributed by atoms with van der Waals surface area (Å²) >= 11 is 0. The standard InChI is InChI=1S/C25H29F2N5O4/c1-34-21-11-22(35-2)24(27)19(23(21)26)15-36-18-13-29-25(30-14-18)31-17-3-4-20(28-12-17)16-5-7-32(8-6-16)9-10-33/h3-4,11-14,16,33H,5-10,15H2,1-2H3,(H,29,30,31). The van der Waals surface area contributed by atoms with Crippen molar-refractivity contribution in [2.45, 2.75) is 25.4 Å². The monoisotopic (exact) mass is 501 g/mol. The van der Waals surface area contributed by atoms with E-state index in [2.05, 4.69) is 25.2 Å². The summed E-state index contributed by atoms with van der Waals surface area (Å²) in [6.45, 7) is 2.43. The van der Waals surface area contributed by atoms with Crippen molar-refractivity contribution in [3.05, 3.63) is 59.7 Å². The summed E-state index contributed by atoms with van der Waals surface area (Å²) in [5.74, 6) is -1.04. The highest BCUT2D eigenvalue weighted by molar-refractivity contribution is 5.51. The van der Waals surface area contributed by atoms with E-state index in [1.165, 1.54) is 26.6 Å². The van der Waals surface area contributed by atoms with E-state index in [-0.39, 0.29) is 29.4 Å². The molecule has 0 radical (unpaired) electrons. The lowest BCUT2D eigenvalue weighted by Gasteiger charge is -2.31. The van der Waals surface area contributed by atoms with Crippen LogP contribution in [0.1, 0.15) is 30.0 Å². The molecule has 192 valence electrons. The number of likely N-dealkylation sites (tertiary alicyclic amines) is 1. The van der Waals surface area contributed by atoms with E-state index >= 15 is 0 Å². The van der Waals surface area contributed by atoms with Crippen LogP contribution in [0.4, 0.5) is 20.4 Å². The fourth-order valence-corrected chi connectivity index (χ4v) is 4.12. The van der Waals surface area contributed by atoms with E-state index in [1.807, 2.05) is 12.1 Å². The zero-order valence-electron chi connectivity index (χ0n) is 20.2. The molecular formula is C25H29F2N5O4. The van der Waals surface area contributed by atoms with Gasteiger partial charge >= 0.3 is 0 Å². The largest absolute Gasteiger partial charge is 0.494 e. The number of rotatable bonds is 10. The van der Waals surface area contributed by atoms with Crippen LogP contribution < -0.4 is 19.5 Å². The molecule has 0 spiro atoms. The van der Waals surface area contributed by atoms with Crippen LogP contribution in [0.25, 0.3) is 0 Å². The summed E-state index contributed by atoms with van der Waals surface area (Å²) in [4.78, 5) is 15.3. The number of aromatic nitrogens is 3. The number of benzene rings is 1. The average molecular weight is 502 g/mol. The van der Waals surface area contributed by atoms with E-state index < -0.39 is 18.2 Å². The summed E-state index contributed by atoms with van der Waals surface area (Å²) in [6, 6.07) is 5.07. The van der Waals surface area contributed by atoms with Gasteiger partial charge in [-0.1, -0.05) is 0 Å². The Morgan fingerprint density at radius 3 is 2.22 bits per heavy atom. The molecule has 1 aliphatic heterocycles. The summed E-state index contributed by atoms with van der Waals surface area (Å²) in [7, 11) is 2.57. The fourth-order valence-electron chi connectivity index (χ4n) is 4.12. The Morgan fingerprint density at radius 1 is 1.00 bits per heavy atom. The van der Waals surface area contributed by atoms with Gasteiger partial charge in [0.25, 0.3) is 0 Å². The number of hydrogen-bond donors (Lipinski definition) is 2. The lowest BCUT2D eigenvalue weighted by atomic mass is 9.93. The van der Waals surface area contributed by atoms with Crippen LogP contribution in [0.3, 0.4) is 0 Å². The third-order valence-corrected chi connectivity index (χ3v) is 6.14. The third kappa shape index (κ3) is 5.97. The number of β-amino-alcohol motifs (C(OH)–C–C–N with tert-alkyl or cyclic N) is 1. The van der Waals surface area contributed by atoms with Crippen molar-refractivity contribution in [1.29, 1.82) is 0 Å². The molecule has 0 saturated carbocycles. The van der Waals surface area contributed by atoms with E-state index in [0.29, 0.717) is 11.9 Å². The lowest BCUT2D eigenvalue weighted by Crippen LogP contribution is -2.35. The van der Waals surface area contributed by atoms with Gasteiger partial charge in [-0.3, -0.25) is 4.98 Å². The molecule has 2 aromatic heterocycles. The number of nitrogens with one attached hydrogen (secondary N) is 1. The van der Waals surface area contributed by atoms with Crippen molar-refractivity contribution in [2.75, 3.05) is 45.8 Å². The van der Waals surface area contributed by atoms with Gasteiger partial charge < -0.3 is 29.5 Å². The Labute approximate surface area is 208 Å². The summed E-state index contributed by atoms with van der Waals surface area (Å²) in [6.07, 6.45) is 6.58. The number of pyridine rings is 1.